The summed E-state index contributed by atoms with van der Waals surface area (Å²) in [7, 11) is 0. The van der Waals surface area contributed by atoms with E-state index < -0.39 is 17.9 Å². The highest BCUT2D eigenvalue weighted by Crippen LogP contribution is 2.22. The first-order valence-corrected chi connectivity index (χ1v) is 8.07. The molecule has 0 heterocycles. The quantitative estimate of drug-likeness (QED) is 0.840. The summed E-state index contributed by atoms with van der Waals surface area (Å²) in [6, 6.07) is 9.13. The van der Waals surface area contributed by atoms with Gasteiger partial charge in [-0.05, 0) is 43.7 Å². The van der Waals surface area contributed by atoms with Crippen molar-refractivity contribution in [1.82, 2.24) is 5.32 Å². The van der Waals surface area contributed by atoms with E-state index in [0.29, 0.717) is 21.2 Å². The van der Waals surface area contributed by atoms with Crippen LogP contribution < -0.4 is 5.32 Å². The lowest BCUT2D eigenvalue weighted by Crippen LogP contribution is -2.42. The molecule has 0 aliphatic carbocycles. The second-order valence-electron chi connectivity index (χ2n) is 5.68. The highest BCUT2D eigenvalue weighted by Gasteiger charge is 2.22. The molecule has 0 spiro atoms. The van der Waals surface area contributed by atoms with Gasteiger partial charge in [0.25, 0.3) is 5.91 Å². The molecular weight excluding hydrogens is 349 g/mol. The predicted molar refractivity (Wildman–Crippen MR) is 95.0 cm³/mol. The minimum atomic E-state index is -1.13. The van der Waals surface area contributed by atoms with Crippen LogP contribution >= 0.6 is 23.2 Å². The van der Waals surface area contributed by atoms with Gasteiger partial charge in [-0.25, -0.2) is 4.79 Å². The highest BCUT2D eigenvalue weighted by atomic mass is 35.5. The topological polar surface area (TPSA) is 66.4 Å². The molecule has 0 aliphatic rings. The summed E-state index contributed by atoms with van der Waals surface area (Å²) in [6.45, 7) is 3.76. The number of hydrogen-bond donors (Lipinski definition) is 2. The summed E-state index contributed by atoms with van der Waals surface area (Å²) in [5.74, 6) is -1.56. The number of amides is 1. The van der Waals surface area contributed by atoms with Crippen LogP contribution in [0.15, 0.2) is 36.4 Å². The summed E-state index contributed by atoms with van der Waals surface area (Å²) in [6.07, 6.45) is 0.0713. The molecular formula is C18H17Cl2NO3. The summed E-state index contributed by atoms with van der Waals surface area (Å²) in [4.78, 5) is 23.9. The lowest BCUT2D eigenvalue weighted by Gasteiger charge is -2.16. The van der Waals surface area contributed by atoms with Crippen LogP contribution in [0, 0.1) is 13.8 Å². The van der Waals surface area contributed by atoms with Crippen LogP contribution in [0.3, 0.4) is 0 Å². The van der Waals surface area contributed by atoms with Gasteiger partial charge in [0, 0.05) is 22.0 Å². The first-order chi connectivity index (χ1) is 11.3. The van der Waals surface area contributed by atoms with Crippen molar-refractivity contribution < 1.29 is 14.7 Å². The molecule has 6 heteroatoms. The fourth-order valence-electron chi connectivity index (χ4n) is 2.45. The fourth-order valence-corrected chi connectivity index (χ4v) is 2.94. The van der Waals surface area contributed by atoms with Gasteiger partial charge in [-0.3, -0.25) is 4.79 Å². The Morgan fingerprint density at radius 3 is 2.25 bits per heavy atom. The predicted octanol–water partition coefficient (Wildman–Crippen LogP) is 4.04. The molecule has 1 atom stereocenters. The standard InChI is InChI=1S/C18H17Cl2NO3/c1-10-5-11(2)7-13(6-10)17(22)21-16(18(23)24)8-12-3-4-14(19)9-15(12)20/h3-7,9,16H,8H2,1-2H3,(H,21,22)(H,23,24)/t16-/m0/s1. The van der Waals surface area contributed by atoms with Gasteiger partial charge in [-0.1, -0.05) is 46.5 Å². The average Bonchev–Trinajstić information content (AvgIpc) is 2.47. The minimum absolute atomic E-state index is 0.0713. The smallest absolute Gasteiger partial charge is 0.326 e. The Bertz CT molecular complexity index is 770. The number of carbonyl (C=O) groups excluding carboxylic acids is 1. The Morgan fingerprint density at radius 1 is 1.08 bits per heavy atom. The van der Waals surface area contributed by atoms with Crippen LogP contribution in [0.5, 0.6) is 0 Å². The number of aryl methyl sites for hydroxylation is 2. The normalized spacial score (nSPS) is 11.8. The van der Waals surface area contributed by atoms with Crippen molar-refractivity contribution in [2.75, 3.05) is 0 Å². The van der Waals surface area contributed by atoms with Crippen LogP contribution in [-0.4, -0.2) is 23.0 Å². The van der Waals surface area contributed by atoms with Gasteiger partial charge < -0.3 is 10.4 Å². The molecule has 0 unspecified atom stereocenters. The molecule has 0 fully saturated rings. The maximum Gasteiger partial charge on any atom is 0.326 e. The van der Waals surface area contributed by atoms with Gasteiger partial charge in [-0.15, -0.1) is 0 Å². The lowest BCUT2D eigenvalue weighted by atomic mass is 10.0. The van der Waals surface area contributed by atoms with Crippen molar-refractivity contribution in [3.05, 3.63) is 68.7 Å². The number of carbonyl (C=O) groups is 2. The van der Waals surface area contributed by atoms with Crippen LogP contribution in [0.25, 0.3) is 0 Å². The van der Waals surface area contributed by atoms with Gasteiger partial charge in [0.2, 0.25) is 0 Å². The van der Waals surface area contributed by atoms with E-state index in [1.165, 1.54) is 0 Å². The molecule has 0 saturated carbocycles. The van der Waals surface area contributed by atoms with Crippen molar-refractivity contribution in [3.8, 4) is 0 Å². The van der Waals surface area contributed by atoms with Crippen LogP contribution in [-0.2, 0) is 11.2 Å². The highest BCUT2D eigenvalue weighted by molar-refractivity contribution is 6.35. The number of aliphatic carboxylic acids is 1. The number of carboxylic acid groups (broad SMARTS) is 1. The van der Waals surface area contributed by atoms with E-state index in [-0.39, 0.29) is 6.42 Å². The van der Waals surface area contributed by atoms with Crippen molar-refractivity contribution >= 4 is 35.1 Å². The molecule has 0 saturated heterocycles. The van der Waals surface area contributed by atoms with Crippen LogP contribution in [0.2, 0.25) is 10.0 Å². The second-order valence-corrected chi connectivity index (χ2v) is 6.52. The molecule has 24 heavy (non-hydrogen) atoms. The molecule has 0 aliphatic heterocycles. The average molecular weight is 366 g/mol. The Morgan fingerprint density at radius 2 is 1.71 bits per heavy atom. The van der Waals surface area contributed by atoms with E-state index in [1.54, 1.807) is 30.3 Å². The van der Waals surface area contributed by atoms with E-state index in [1.807, 2.05) is 19.9 Å². The second kappa shape index (κ2) is 7.69. The Kier molecular flexibility index (Phi) is 5.86. The van der Waals surface area contributed by atoms with E-state index >= 15 is 0 Å². The molecule has 1 amide bonds. The molecule has 2 rings (SSSR count). The zero-order valence-electron chi connectivity index (χ0n) is 13.3. The Hall–Kier alpha value is -2.04. The number of rotatable bonds is 5. The van der Waals surface area contributed by atoms with Crippen molar-refractivity contribution in [3.63, 3.8) is 0 Å². The number of carboxylic acids is 1. The third-order valence-corrected chi connectivity index (χ3v) is 4.11. The van der Waals surface area contributed by atoms with Crippen LogP contribution in [0.4, 0.5) is 0 Å². The number of nitrogens with one attached hydrogen (secondary N) is 1. The lowest BCUT2D eigenvalue weighted by molar-refractivity contribution is -0.139. The summed E-state index contributed by atoms with van der Waals surface area (Å²) in [5, 5.41) is 12.8. The number of hydrogen-bond acceptors (Lipinski definition) is 2. The van der Waals surface area contributed by atoms with Crippen LogP contribution in [0.1, 0.15) is 27.0 Å². The summed E-state index contributed by atoms with van der Waals surface area (Å²) >= 11 is 11.9. The zero-order chi connectivity index (χ0) is 17.9. The first kappa shape index (κ1) is 18.3. The van der Waals surface area contributed by atoms with Crippen molar-refractivity contribution in [2.24, 2.45) is 0 Å². The van der Waals surface area contributed by atoms with Gasteiger partial charge >= 0.3 is 5.97 Å². The van der Waals surface area contributed by atoms with E-state index in [2.05, 4.69) is 5.32 Å². The SMILES string of the molecule is Cc1cc(C)cc(C(=O)N[C@@H](Cc2ccc(Cl)cc2Cl)C(=O)O)c1. The fraction of sp³-hybridized carbons (Fsp3) is 0.222. The monoisotopic (exact) mass is 365 g/mol. The summed E-state index contributed by atoms with van der Waals surface area (Å²) < 4.78 is 0. The van der Waals surface area contributed by atoms with Gasteiger partial charge in [0.1, 0.15) is 6.04 Å². The minimum Gasteiger partial charge on any atom is -0.480 e. The molecule has 0 radical (unpaired) electrons. The largest absolute Gasteiger partial charge is 0.480 e. The molecule has 4 nitrogen and oxygen atoms in total. The molecule has 0 aromatic heterocycles. The zero-order valence-corrected chi connectivity index (χ0v) is 14.8. The molecule has 126 valence electrons. The van der Waals surface area contributed by atoms with E-state index in [9.17, 15) is 14.7 Å². The third-order valence-electron chi connectivity index (χ3n) is 3.53. The molecule has 2 aromatic carbocycles. The number of halogens is 2. The van der Waals surface area contributed by atoms with E-state index in [0.717, 1.165) is 11.1 Å². The maximum atomic E-state index is 12.4. The van der Waals surface area contributed by atoms with Gasteiger partial charge in [-0.2, -0.15) is 0 Å². The molecule has 2 aromatic rings. The first-order valence-electron chi connectivity index (χ1n) is 7.32. The molecule has 2 N–H and O–H groups in total. The van der Waals surface area contributed by atoms with Gasteiger partial charge in [0.15, 0.2) is 0 Å². The number of benzene rings is 2. The van der Waals surface area contributed by atoms with Crippen molar-refractivity contribution in [1.29, 1.82) is 0 Å². The van der Waals surface area contributed by atoms with Crippen molar-refractivity contribution in [2.45, 2.75) is 26.3 Å². The molecule has 0 bridgehead atoms. The maximum absolute atomic E-state index is 12.4. The van der Waals surface area contributed by atoms with E-state index in [4.69, 9.17) is 23.2 Å². The van der Waals surface area contributed by atoms with Gasteiger partial charge in [0.05, 0.1) is 0 Å². The third kappa shape index (κ3) is 4.73. The summed E-state index contributed by atoms with van der Waals surface area (Å²) in [5.41, 5.74) is 2.91. The Balaban J connectivity index is 2.19. The Labute approximate surface area is 150 Å².